The quantitative estimate of drug-likeness (QED) is 0.651. The minimum Gasteiger partial charge on any atom is -0.480 e. The van der Waals surface area contributed by atoms with E-state index in [4.69, 9.17) is 5.73 Å². The molecule has 1 heterocycles. The maximum Gasteiger partial charge on any atom is 0.326 e. The Morgan fingerprint density at radius 3 is 2.53 bits per heavy atom. The van der Waals surface area contributed by atoms with Crippen LogP contribution in [0.25, 0.3) is 6.08 Å². The molecule has 1 aromatic heterocycles. The highest BCUT2D eigenvalue weighted by Crippen LogP contribution is 2.42. The van der Waals surface area contributed by atoms with Crippen molar-refractivity contribution in [1.29, 1.82) is 0 Å². The zero-order chi connectivity index (χ0) is 23.5. The lowest BCUT2D eigenvalue weighted by molar-refractivity contribution is -0.147. The van der Waals surface area contributed by atoms with E-state index < -0.39 is 35.3 Å². The second-order valence-electron chi connectivity index (χ2n) is 8.43. The highest BCUT2D eigenvalue weighted by Gasteiger charge is 2.53. The van der Waals surface area contributed by atoms with Gasteiger partial charge in [-0.05, 0) is 30.4 Å². The summed E-state index contributed by atoms with van der Waals surface area (Å²) in [5, 5.41) is 9.92. The predicted molar refractivity (Wildman–Crippen MR) is 120 cm³/mol. The van der Waals surface area contributed by atoms with Crippen LogP contribution in [-0.2, 0) is 15.1 Å². The van der Waals surface area contributed by atoms with Gasteiger partial charge in [0.05, 0.1) is 12.2 Å². The van der Waals surface area contributed by atoms with Gasteiger partial charge in [0.2, 0.25) is 0 Å². The third-order valence-electron chi connectivity index (χ3n) is 5.74. The number of Topliss-reactive ketones (excluding diaryl/α,β-unsaturated/α-hetero) is 1. The molecule has 0 saturated heterocycles. The third-order valence-corrected chi connectivity index (χ3v) is 5.74. The Kier molecular flexibility index (Phi) is 6.84. The molecule has 1 amide bonds. The average molecular weight is 437 g/mol. The Bertz CT molecular complexity index is 1040. The van der Waals surface area contributed by atoms with Gasteiger partial charge < -0.3 is 15.7 Å². The number of nitrogens with zero attached hydrogens (tertiary/aromatic N) is 3. The van der Waals surface area contributed by atoms with Gasteiger partial charge in [-0.2, -0.15) is 0 Å². The molecule has 3 N–H and O–H groups in total. The number of hydrogen-bond donors (Lipinski definition) is 2. The molecule has 8 nitrogen and oxygen atoms in total. The first-order valence-electron chi connectivity index (χ1n) is 10.6. The van der Waals surface area contributed by atoms with Crippen molar-refractivity contribution in [3.8, 4) is 0 Å². The number of carboxylic acid groups (broad SMARTS) is 1. The van der Waals surface area contributed by atoms with Crippen LogP contribution in [0.2, 0.25) is 0 Å². The Morgan fingerprint density at radius 1 is 1.19 bits per heavy atom. The number of aliphatic carboxylic acids is 1. The van der Waals surface area contributed by atoms with Gasteiger partial charge in [0.1, 0.15) is 17.3 Å². The highest BCUT2D eigenvalue weighted by molar-refractivity contribution is 6.03. The number of aromatic nitrogens is 2. The molecule has 168 valence electrons. The standard InChI is InChI=1S/C24H28N4O4/c1-15(2)13-19(25)21(29)24(10-6-8-17-7-4-5-9-18(17)24)28(16(3)23(31)32)22(30)20-14-26-11-12-27-20/h4-9,11-12,14-16,19H,10,13,25H2,1-3H3,(H,31,32)/t16-,19-,24?/m0/s1. The first-order chi connectivity index (χ1) is 15.2. The Hall–Kier alpha value is -3.39. The number of carbonyl (C=O) groups excluding carboxylic acids is 2. The molecule has 0 spiro atoms. The molecule has 3 rings (SSSR count). The molecule has 32 heavy (non-hydrogen) atoms. The number of carbonyl (C=O) groups is 3. The average Bonchev–Trinajstić information content (AvgIpc) is 2.78. The van der Waals surface area contributed by atoms with Crippen molar-refractivity contribution in [1.82, 2.24) is 14.9 Å². The van der Waals surface area contributed by atoms with E-state index in [1.807, 2.05) is 32.1 Å². The number of carboxylic acids is 1. The molecule has 1 aromatic carbocycles. The molecule has 3 atom stereocenters. The van der Waals surface area contributed by atoms with Crippen molar-refractivity contribution in [2.75, 3.05) is 0 Å². The van der Waals surface area contributed by atoms with Crippen molar-refractivity contribution in [3.05, 3.63) is 65.8 Å². The van der Waals surface area contributed by atoms with Crippen LogP contribution in [0.5, 0.6) is 0 Å². The first-order valence-corrected chi connectivity index (χ1v) is 10.6. The van der Waals surface area contributed by atoms with Crippen LogP contribution in [0.15, 0.2) is 48.9 Å². The zero-order valence-corrected chi connectivity index (χ0v) is 18.4. The second kappa shape index (κ2) is 9.40. The Labute approximate surface area is 187 Å². The van der Waals surface area contributed by atoms with E-state index >= 15 is 0 Å². The van der Waals surface area contributed by atoms with E-state index in [1.165, 1.54) is 25.5 Å². The molecular weight excluding hydrogens is 408 g/mol. The number of nitrogens with two attached hydrogens (primary N) is 1. The Balaban J connectivity index is 2.28. The van der Waals surface area contributed by atoms with Crippen LogP contribution in [-0.4, -0.2) is 49.7 Å². The highest BCUT2D eigenvalue weighted by atomic mass is 16.4. The minimum absolute atomic E-state index is 0.0442. The van der Waals surface area contributed by atoms with Gasteiger partial charge in [0.25, 0.3) is 5.91 Å². The van der Waals surface area contributed by atoms with Gasteiger partial charge in [-0.15, -0.1) is 0 Å². The number of rotatable bonds is 8. The van der Waals surface area contributed by atoms with Crippen molar-refractivity contribution < 1.29 is 19.5 Å². The largest absolute Gasteiger partial charge is 0.480 e. The van der Waals surface area contributed by atoms with Crippen LogP contribution >= 0.6 is 0 Å². The van der Waals surface area contributed by atoms with Crippen molar-refractivity contribution in [2.45, 2.75) is 51.2 Å². The monoisotopic (exact) mass is 436 g/mol. The van der Waals surface area contributed by atoms with E-state index in [0.717, 1.165) is 10.5 Å². The van der Waals surface area contributed by atoms with Crippen LogP contribution in [0.3, 0.4) is 0 Å². The molecule has 0 radical (unpaired) electrons. The maximum absolute atomic E-state index is 14.0. The van der Waals surface area contributed by atoms with E-state index in [0.29, 0.717) is 12.0 Å². The number of amides is 1. The van der Waals surface area contributed by atoms with Crippen LogP contribution in [0.4, 0.5) is 0 Å². The fourth-order valence-electron chi connectivity index (χ4n) is 4.31. The summed E-state index contributed by atoms with van der Waals surface area (Å²) in [6.07, 6.45) is 8.20. The lowest BCUT2D eigenvalue weighted by atomic mass is 9.72. The predicted octanol–water partition coefficient (Wildman–Crippen LogP) is 2.65. The van der Waals surface area contributed by atoms with Gasteiger partial charge in [0, 0.05) is 18.8 Å². The molecule has 0 bridgehead atoms. The van der Waals surface area contributed by atoms with Gasteiger partial charge in [-0.25, -0.2) is 9.78 Å². The number of ketones is 1. The zero-order valence-electron chi connectivity index (χ0n) is 18.4. The summed E-state index contributed by atoms with van der Waals surface area (Å²) in [6, 6.07) is 4.98. The van der Waals surface area contributed by atoms with E-state index in [9.17, 15) is 19.5 Å². The smallest absolute Gasteiger partial charge is 0.326 e. The summed E-state index contributed by atoms with van der Waals surface area (Å²) >= 11 is 0. The normalized spacial score (nSPS) is 19.2. The maximum atomic E-state index is 14.0. The summed E-state index contributed by atoms with van der Waals surface area (Å²) in [7, 11) is 0. The minimum atomic E-state index is -1.59. The fourth-order valence-corrected chi connectivity index (χ4v) is 4.31. The number of hydrogen-bond acceptors (Lipinski definition) is 6. The van der Waals surface area contributed by atoms with Crippen molar-refractivity contribution in [3.63, 3.8) is 0 Å². The van der Waals surface area contributed by atoms with Crippen molar-refractivity contribution >= 4 is 23.7 Å². The van der Waals surface area contributed by atoms with E-state index in [2.05, 4.69) is 9.97 Å². The molecular formula is C24H28N4O4. The lowest BCUT2D eigenvalue weighted by Crippen LogP contribution is -2.63. The van der Waals surface area contributed by atoms with Gasteiger partial charge in [-0.1, -0.05) is 50.3 Å². The molecule has 1 aliphatic rings. The first kappa shape index (κ1) is 23.3. The molecule has 1 aliphatic carbocycles. The van der Waals surface area contributed by atoms with Gasteiger partial charge in [0.15, 0.2) is 5.78 Å². The summed E-state index contributed by atoms with van der Waals surface area (Å²) in [4.78, 5) is 49.0. The summed E-state index contributed by atoms with van der Waals surface area (Å²) in [6.45, 7) is 5.30. The van der Waals surface area contributed by atoms with Crippen LogP contribution in [0, 0.1) is 5.92 Å². The van der Waals surface area contributed by atoms with Crippen LogP contribution < -0.4 is 5.73 Å². The van der Waals surface area contributed by atoms with E-state index in [1.54, 1.807) is 18.2 Å². The fraction of sp³-hybridized carbons (Fsp3) is 0.375. The lowest BCUT2D eigenvalue weighted by Gasteiger charge is -2.47. The SMILES string of the molecule is CC(C)C[C@H](N)C(=O)C1(N(C(=O)c2cnccn2)[C@@H](C)C(=O)O)CC=Cc2ccccc21. The molecule has 2 aromatic rings. The molecule has 0 fully saturated rings. The summed E-state index contributed by atoms with van der Waals surface area (Å²) in [5.74, 6) is -2.18. The second-order valence-corrected chi connectivity index (χ2v) is 8.43. The van der Waals surface area contributed by atoms with Crippen molar-refractivity contribution in [2.24, 2.45) is 11.7 Å². The summed E-state index contributed by atoms with van der Waals surface area (Å²) < 4.78 is 0. The molecule has 0 saturated carbocycles. The van der Waals surface area contributed by atoms with Crippen LogP contribution in [0.1, 0.15) is 55.2 Å². The Morgan fingerprint density at radius 2 is 1.91 bits per heavy atom. The number of benzene rings is 1. The number of fused-ring (bicyclic) bond motifs is 1. The van der Waals surface area contributed by atoms with Gasteiger partial charge in [-0.3, -0.25) is 14.6 Å². The third kappa shape index (κ3) is 4.18. The molecule has 1 unspecified atom stereocenters. The topological polar surface area (TPSA) is 126 Å². The van der Waals surface area contributed by atoms with E-state index in [-0.39, 0.29) is 18.0 Å². The summed E-state index contributed by atoms with van der Waals surface area (Å²) in [5.41, 5.74) is 6.01. The molecule has 0 aliphatic heterocycles. The molecule has 8 heteroatoms. The van der Waals surface area contributed by atoms with Gasteiger partial charge >= 0.3 is 5.97 Å².